The first-order valence-electron chi connectivity index (χ1n) is 10.5. The number of rotatable bonds is 4. The van der Waals surface area contributed by atoms with Gasteiger partial charge < -0.3 is 19.7 Å². The Morgan fingerprint density at radius 2 is 1.84 bits per heavy atom. The number of para-hydroxylation sites is 1. The van der Waals surface area contributed by atoms with E-state index in [0.717, 1.165) is 28.1 Å². The van der Waals surface area contributed by atoms with Gasteiger partial charge in [-0.15, -0.1) is 0 Å². The molecule has 2 amide bonds. The molecular weight excluding hydrogens is 406 g/mol. The highest BCUT2D eigenvalue weighted by atomic mass is 16.7. The Labute approximate surface area is 186 Å². The summed E-state index contributed by atoms with van der Waals surface area (Å²) in [6.45, 7) is 4.58. The van der Waals surface area contributed by atoms with Crippen LogP contribution in [0, 0.1) is 13.8 Å². The van der Waals surface area contributed by atoms with Gasteiger partial charge in [-0.1, -0.05) is 30.3 Å². The zero-order valence-electron chi connectivity index (χ0n) is 18.0. The van der Waals surface area contributed by atoms with Crippen molar-refractivity contribution < 1.29 is 23.6 Å². The average molecular weight is 430 g/mol. The molecular formula is C25H24N3O4+. The molecule has 2 aromatic carbocycles. The van der Waals surface area contributed by atoms with Crippen molar-refractivity contribution in [2.45, 2.75) is 33.0 Å². The van der Waals surface area contributed by atoms with Gasteiger partial charge in [0.05, 0.1) is 0 Å². The third-order valence-corrected chi connectivity index (χ3v) is 5.96. The monoisotopic (exact) mass is 430 g/mol. The highest BCUT2D eigenvalue weighted by Crippen LogP contribution is 2.34. The Morgan fingerprint density at radius 1 is 1.06 bits per heavy atom. The van der Waals surface area contributed by atoms with Gasteiger partial charge in [-0.2, -0.15) is 4.57 Å². The van der Waals surface area contributed by atoms with E-state index >= 15 is 0 Å². The van der Waals surface area contributed by atoms with Crippen molar-refractivity contribution in [2.24, 2.45) is 0 Å². The van der Waals surface area contributed by atoms with E-state index in [1.54, 1.807) is 4.90 Å². The van der Waals surface area contributed by atoms with Crippen molar-refractivity contribution in [3.63, 3.8) is 0 Å². The maximum absolute atomic E-state index is 13.6. The summed E-state index contributed by atoms with van der Waals surface area (Å²) < 4.78 is 12.7. The lowest BCUT2D eigenvalue weighted by Crippen LogP contribution is -2.58. The van der Waals surface area contributed by atoms with Gasteiger partial charge in [0.15, 0.2) is 23.7 Å². The number of carbonyl (C=O) groups excluding carboxylic acids is 2. The minimum absolute atomic E-state index is 0.118. The standard InChI is InChI=1S/C25H23N3O4/c1-16-6-5-7-17(2)23(16)26-25(30)24-19-8-3-4-11-27(19)14-22(29)28(24)13-18-9-10-20-21(12-18)32-15-31-20/h3-12,24H,13-15H2,1-2H3/p+1/t24-/m1/s1. The Kier molecular flexibility index (Phi) is 5.01. The molecule has 7 heteroatoms. The summed E-state index contributed by atoms with van der Waals surface area (Å²) in [7, 11) is 0. The first-order valence-corrected chi connectivity index (χ1v) is 10.5. The van der Waals surface area contributed by atoms with Gasteiger partial charge >= 0.3 is 0 Å². The lowest BCUT2D eigenvalue weighted by molar-refractivity contribution is -0.698. The fourth-order valence-electron chi connectivity index (χ4n) is 4.32. The summed E-state index contributed by atoms with van der Waals surface area (Å²) in [5.74, 6) is 0.978. The molecule has 7 nitrogen and oxygen atoms in total. The largest absolute Gasteiger partial charge is 0.454 e. The third-order valence-electron chi connectivity index (χ3n) is 5.96. The van der Waals surface area contributed by atoms with Crippen molar-refractivity contribution in [1.82, 2.24) is 4.90 Å². The molecule has 0 unspecified atom stereocenters. The average Bonchev–Trinajstić information content (AvgIpc) is 3.24. The summed E-state index contributed by atoms with van der Waals surface area (Å²) >= 11 is 0. The summed E-state index contributed by atoms with van der Waals surface area (Å²) in [5, 5.41) is 3.08. The fourth-order valence-corrected chi connectivity index (χ4v) is 4.32. The first-order chi connectivity index (χ1) is 15.5. The maximum atomic E-state index is 13.6. The number of nitrogens with one attached hydrogen (secondary N) is 1. The van der Waals surface area contributed by atoms with Crippen LogP contribution in [0.3, 0.4) is 0 Å². The molecule has 1 aromatic heterocycles. The molecule has 2 aliphatic rings. The number of aromatic nitrogens is 1. The topological polar surface area (TPSA) is 71.8 Å². The van der Waals surface area contributed by atoms with E-state index < -0.39 is 6.04 Å². The minimum atomic E-state index is -0.762. The number of ether oxygens (including phenoxy) is 2. The van der Waals surface area contributed by atoms with E-state index in [0.29, 0.717) is 11.5 Å². The number of hydrogen-bond acceptors (Lipinski definition) is 4. The quantitative estimate of drug-likeness (QED) is 0.646. The summed E-state index contributed by atoms with van der Waals surface area (Å²) in [5.41, 5.74) is 4.38. The third kappa shape index (κ3) is 3.56. The summed E-state index contributed by atoms with van der Waals surface area (Å²) in [6, 6.07) is 16.4. The van der Waals surface area contributed by atoms with Crippen LogP contribution < -0.4 is 19.4 Å². The van der Waals surface area contributed by atoms with Gasteiger partial charge in [0.2, 0.25) is 19.0 Å². The molecule has 1 atom stereocenters. The van der Waals surface area contributed by atoms with Crippen molar-refractivity contribution in [2.75, 3.05) is 12.1 Å². The first kappa shape index (κ1) is 20.1. The fraction of sp³-hybridized carbons (Fsp3) is 0.240. The predicted molar refractivity (Wildman–Crippen MR) is 117 cm³/mol. The van der Waals surface area contributed by atoms with E-state index in [1.165, 1.54) is 0 Å². The van der Waals surface area contributed by atoms with Crippen LogP contribution in [0.5, 0.6) is 11.5 Å². The molecule has 3 aromatic rings. The minimum Gasteiger partial charge on any atom is -0.454 e. The van der Waals surface area contributed by atoms with Crippen LogP contribution in [-0.2, 0) is 22.7 Å². The second kappa shape index (κ2) is 8.00. The van der Waals surface area contributed by atoms with Crippen molar-refractivity contribution >= 4 is 17.5 Å². The number of fused-ring (bicyclic) bond motifs is 2. The highest BCUT2D eigenvalue weighted by Gasteiger charge is 2.43. The molecule has 0 saturated carbocycles. The van der Waals surface area contributed by atoms with E-state index in [-0.39, 0.29) is 31.7 Å². The van der Waals surface area contributed by atoms with Gasteiger partial charge in [-0.25, -0.2) is 0 Å². The molecule has 0 radical (unpaired) electrons. The number of anilines is 1. The van der Waals surface area contributed by atoms with Crippen molar-refractivity contribution in [3.05, 3.63) is 83.2 Å². The normalized spacial score (nSPS) is 16.6. The second-order valence-corrected chi connectivity index (χ2v) is 8.12. The zero-order chi connectivity index (χ0) is 22.2. The number of carbonyl (C=O) groups is 2. The summed E-state index contributed by atoms with van der Waals surface area (Å²) in [4.78, 5) is 28.4. The molecule has 162 valence electrons. The van der Waals surface area contributed by atoms with Crippen LogP contribution in [-0.4, -0.2) is 23.5 Å². The number of nitrogens with zero attached hydrogens (tertiary/aromatic N) is 2. The molecule has 1 N–H and O–H groups in total. The Balaban J connectivity index is 1.51. The van der Waals surface area contributed by atoms with Crippen LogP contribution >= 0.6 is 0 Å². The highest BCUT2D eigenvalue weighted by molar-refractivity contribution is 5.98. The van der Waals surface area contributed by atoms with Gasteiger partial charge in [0, 0.05) is 24.4 Å². The number of amides is 2. The van der Waals surface area contributed by atoms with Crippen LogP contribution in [0.1, 0.15) is 28.4 Å². The van der Waals surface area contributed by atoms with Crippen LogP contribution in [0.25, 0.3) is 0 Å². The van der Waals surface area contributed by atoms with E-state index in [4.69, 9.17) is 9.47 Å². The number of benzene rings is 2. The van der Waals surface area contributed by atoms with Crippen LogP contribution in [0.2, 0.25) is 0 Å². The van der Waals surface area contributed by atoms with Crippen molar-refractivity contribution in [3.8, 4) is 11.5 Å². The lowest BCUT2D eigenvalue weighted by Gasteiger charge is -2.32. The molecule has 0 fully saturated rings. The van der Waals surface area contributed by atoms with Crippen LogP contribution in [0.15, 0.2) is 60.8 Å². The molecule has 5 rings (SSSR count). The van der Waals surface area contributed by atoms with Gasteiger partial charge in [0.25, 0.3) is 11.8 Å². The molecule has 32 heavy (non-hydrogen) atoms. The van der Waals surface area contributed by atoms with E-state index in [9.17, 15) is 9.59 Å². The van der Waals surface area contributed by atoms with Crippen LogP contribution in [0.4, 0.5) is 5.69 Å². The molecule has 0 bridgehead atoms. The maximum Gasteiger partial charge on any atom is 0.289 e. The molecule has 3 heterocycles. The Hall–Kier alpha value is -3.87. The SMILES string of the molecule is Cc1cccc(C)c1NC(=O)[C@H]1c2cccc[n+]2CC(=O)N1Cc1ccc2c(c1)OCO2. The molecule has 2 aliphatic heterocycles. The number of hydrogen-bond donors (Lipinski definition) is 1. The summed E-state index contributed by atoms with van der Waals surface area (Å²) in [6.07, 6.45) is 1.84. The predicted octanol–water partition coefficient (Wildman–Crippen LogP) is 3.04. The smallest absolute Gasteiger partial charge is 0.289 e. The van der Waals surface area contributed by atoms with Crippen molar-refractivity contribution in [1.29, 1.82) is 0 Å². The zero-order valence-corrected chi connectivity index (χ0v) is 18.0. The molecule has 0 spiro atoms. The molecule has 0 aliphatic carbocycles. The Bertz CT molecular complexity index is 1200. The Morgan fingerprint density at radius 3 is 2.66 bits per heavy atom. The van der Waals surface area contributed by atoms with Gasteiger partial charge in [-0.05, 0) is 42.7 Å². The molecule has 0 saturated heterocycles. The van der Waals surface area contributed by atoms with Gasteiger partial charge in [-0.3, -0.25) is 9.59 Å². The van der Waals surface area contributed by atoms with E-state index in [2.05, 4.69) is 5.32 Å². The second-order valence-electron chi connectivity index (χ2n) is 8.12. The van der Waals surface area contributed by atoms with Gasteiger partial charge in [0.1, 0.15) is 0 Å². The van der Waals surface area contributed by atoms with E-state index in [1.807, 2.05) is 79.2 Å². The number of pyridine rings is 1. The number of aryl methyl sites for hydroxylation is 2. The lowest BCUT2D eigenvalue weighted by atomic mass is 10.0.